The highest BCUT2D eigenvalue weighted by atomic mass is 35.5. The van der Waals surface area contributed by atoms with E-state index in [-0.39, 0.29) is 10.8 Å². The molecular weight excluding hydrogens is 822 g/mol. The first-order chi connectivity index (χ1) is 31.9. The van der Waals surface area contributed by atoms with E-state index in [1.54, 1.807) is 0 Å². The second-order valence-corrected chi connectivity index (χ2v) is 19.3. The fourth-order valence-electron chi connectivity index (χ4n) is 8.62. The van der Waals surface area contributed by atoms with E-state index in [1.165, 1.54) is 11.1 Å². The molecule has 0 unspecified atom stereocenters. The molecule has 9 aromatic carbocycles. The first kappa shape index (κ1) is 43.9. The summed E-state index contributed by atoms with van der Waals surface area (Å²) < 4.78 is 0. The van der Waals surface area contributed by atoms with E-state index >= 15 is 0 Å². The summed E-state index contributed by atoms with van der Waals surface area (Å²) in [6, 6.07) is 82.3. The van der Waals surface area contributed by atoms with E-state index < -0.39 is 0 Å². The van der Waals surface area contributed by atoms with Crippen molar-refractivity contribution in [3.8, 4) is 22.3 Å². The molecule has 0 aliphatic carbocycles. The van der Waals surface area contributed by atoms with Crippen molar-refractivity contribution in [3.63, 3.8) is 0 Å². The highest BCUT2D eigenvalue weighted by Gasteiger charge is 2.27. The van der Waals surface area contributed by atoms with Crippen LogP contribution in [-0.2, 0) is 10.8 Å². The molecule has 0 aliphatic rings. The zero-order chi connectivity index (χ0) is 45.8. The number of anilines is 9. The van der Waals surface area contributed by atoms with E-state index in [1.807, 2.05) is 0 Å². The summed E-state index contributed by atoms with van der Waals surface area (Å²) in [7, 11) is 0. The third-order valence-electron chi connectivity index (χ3n) is 12.2. The molecule has 326 valence electrons. The summed E-state index contributed by atoms with van der Waals surface area (Å²) >= 11 is 8.19. The topological polar surface area (TPSA) is 9.72 Å². The number of nitrogens with zero attached hydrogens (tertiary/aromatic N) is 3. The smallest absolute Gasteiger partial charge is 0.0888 e. The van der Waals surface area contributed by atoms with Gasteiger partial charge in [0.05, 0.1) is 22.1 Å². The number of rotatable bonds is 11. The van der Waals surface area contributed by atoms with Crippen molar-refractivity contribution in [2.75, 3.05) is 14.7 Å². The predicted molar refractivity (Wildman–Crippen MR) is 284 cm³/mol. The summed E-state index contributed by atoms with van der Waals surface area (Å²) in [6.07, 6.45) is 0. The summed E-state index contributed by atoms with van der Waals surface area (Å²) in [6.45, 7) is 13.5. The molecule has 9 rings (SSSR count). The zero-order valence-electron chi connectivity index (χ0n) is 38.7. The maximum Gasteiger partial charge on any atom is 0.0888 e. The molecule has 0 atom stereocenters. The monoisotopic (exact) mass is 877 g/mol. The van der Waals surface area contributed by atoms with Gasteiger partial charge >= 0.3 is 0 Å². The Kier molecular flexibility index (Phi) is 12.4. The SMILES string of the molecule is CC(C)(C)c1ccc(N(c2ccc(C(C)(C)C)cc2)c2cc(N(c3ccccc3)c3ccccc3)cc(N(c3cccc(-c4ccccc4)c3)c3cccc(-c4ccccc4)c3)c2Cl)cc1. The van der Waals surface area contributed by atoms with Gasteiger partial charge in [0.1, 0.15) is 0 Å². The highest BCUT2D eigenvalue weighted by molar-refractivity contribution is 6.37. The largest absolute Gasteiger partial charge is 0.310 e. The van der Waals surface area contributed by atoms with Crippen LogP contribution in [0.5, 0.6) is 0 Å². The van der Waals surface area contributed by atoms with Crippen LogP contribution in [0.1, 0.15) is 52.7 Å². The molecule has 0 heterocycles. The average molecular weight is 879 g/mol. The zero-order valence-corrected chi connectivity index (χ0v) is 39.4. The van der Waals surface area contributed by atoms with Crippen molar-refractivity contribution in [2.24, 2.45) is 0 Å². The van der Waals surface area contributed by atoms with E-state index in [0.29, 0.717) is 5.02 Å². The van der Waals surface area contributed by atoms with Crippen LogP contribution in [0.25, 0.3) is 22.3 Å². The molecule has 0 saturated carbocycles. The molecule has 4 heteroatoms. The fraction of sp³-hybridized carbons (Fsp3) is 0.129. The Hall–Kier alpha value is -7.33. The molecule has 0 bridgehead atoms. The average Bonchev–Trinajstić information content (AvgIpc) is 3.34. The van der Waals surface area contributed by atoms with Crippen molar-refractivity contribution in [2.45, 2.75) is 52.4 Å². The molecule has 0 amide bonds. The van der Waals surface area contributed by atoms with Crippen molar-refractivity contribution in [1.82, 2.24) is 0 Å². The van der Waals surface area contributed by atoms with E-state index in [0.717, 1.165) is 73.4 Å². The Labute approximate surface area is 396 Å². The van der Waals surface area contributed by atoms with Crippen LogP contribution >= 0.6 is 11.6 Å². The van der Waals surface area contributed by atoms with E-state index in [9.17, 15) is 0 Å². The Bertz CT molecular complexity index is 2850. The Morgan fingerprint density at radius 3 is 0.939 bits per heavy atom. The number of hydrogen-bond acceptors (Lipinski definition) is 3. The van der Waals surface area contributed by atoms with Gasteiger partial charge in [0.15, 0.2) is 0 Å². The Morgan fingerprint density at radius 1 is 0.273 bits per heavy atom. The summed E-state index contributed by atoms with van der Waals surface area (Å²) in [5, 5.41) is 0.606. The minimum Gasteiger partial charge on any atom is -0.310 e. The van der Waals surface area contributed by atoms with E-state index in [4.69, 9.17) is 11.6 Å². The van der Waals surface area contributed by atoms with Gasteiger partial charge in [-0.1, -0.05) is 199 Å². The van der Waals surface area contributed by atoms with Crippen molar-refractivity contribution >= 4 is 62.8 Å². The number of halogens is 1. The maximum absolute atomic E-state index is 8.19. The van der Waals surface area contributed by atoms with Gasteiger partial charge in [0, 0.05) is 34.1 Å². The molecule has 0 spiro atoms. The van der Waals surface area contributed by atoms with Crippen molar-refractivity contribution < 1.29 is 0 Å². The second kappa shape index (κ2) is 18.6. The Balaban J connectivity index is 1.37. The second-order valence-electron chi connectivity index (χ2n) is 18.9. The molecule has 0 N–H and O–H groups in total. The lowest BCUT2D eigenvalue weighted by atomic mass is 9.86. The molecule has 3 nitrogen and oxygen atoms in total. The minimum absolute atomic E-state index is 0.0165. The normalized spacial score (nSPS) is 11.6. The third-order valence-corrected chi connectivity index (χ3v) is 12.6. The van der Waals surface area contributed by atoms with E-state index in [2.05, 4.69) is 287 Å². The van der Waals surface area contributed by atoms with Gasteiger partial charge < -0.3 is 14.7 Å². The summed E-state index contributed by atoms with van der Waals surface area (Å²) in [5.41, 5.74) is 15.6. The predicted octanol–water partition coefficient (Wildman–Crippen LogP) is 18.7. The fourth-order valence-corrected chi connectivity index (χ4v) is 8.90. The molecule has 9 aromatic rings. The molecule has 0 aromatic heterocycles. The Morgan fingerprint density at radius 2 is 0.576 bits per heavy atom. The van der Waals surface area contributed by atoms with Gasteiger partial charge in [0.2, 0.25) is 0 Å². The molecule has 0 saturated heterocycles. The molecule has 0 radical (unpaired) electrons. The van der Waals surface area contributed by atoms with Crippen LogP contribution in [0, 0.1) is 0 Å². The minimum atomic E-state index is -0.0165. The van der Waals surface area contributed by atoms with Crippen molar-refractivity contribution in [3.05, 3.63) is 247 Å². The lowest BCUT2D eigenvalue weighted by molar-refractivity contribution is 0.590. The standard InChI is InChI=1S/C62H56ClN3/c1-61(2,3)49-33-37-53(38-34-49)65(54-39-35-50(36-40-54)62(4,5)6)58-43-57(64(51-27-15-9-16-28-51)52-29-17-10-18-30-52)44-59(60(58)63)66(55-31-19-25-47(41-55)45-21-11-7-12-22-45)56-32-20-26-48(42-56)46-23-13-8-14-24-46/h7-44H,1-6H3. The first-order valence-electron chi connectivity index (χ1n) is 22.8. The molecule has 0 fully saturated rings. The van der Waals surface area contributed by atoms with Crippen LogP contribution in [-0.4, -0.2) is 0 Å². The maximum atomic E-state index is 8.19. The van der Waals surface area contributed by atoms with Gasteiger partial charge in [-0.25, -0.2) is 0 Å². The van der Waals surface area contributed by atoms with Crippen LogP contribution < -0.4 is 14.7 Å². The van der Waals surface area contributed by atoms with Gasteiger partial charge in [-0.05, 0) is 129 Å². The quantitative estimate of drug-likeness (QED) is 0.128. The highest BCUT2D eigenvalue weighted by Crippen LogP contribution is 2.51. The van der Waals surface area contributed by atoms with Crippen LogP contribution in [0.15, 0.2) is 231 Å². The van der Waals surface area contributed by atoms with Gasteiger partial charge in [-0.3, -0.25) is 0 Å². The first-order valence-corrected chi connectivity index (χ1v) is 23.2. The van der Waals surface area contributed by atoms with Gasteiger partial charge in [-0.15, -0.1) is 0 Å². The lowest BCUT2D eigenvalue weighted by Gasteiger charge is -2.34. The van der Waals surface area contributed by atoms with Crippen LogP contribution in [0.2, 0.25) is 5.02 Å². The van der Waals surface area contributed by atoms with Crippen LogP contribution in [0.4, 0.5) is 51.2 Å². The van der Waals surface area contributed by atoms with Crippen LogP contribution in [0.3, 0.4) is 0 Å². The molecule has 0 aliphatic heterocycles. The van der Waals surface area contributed by atoms with Gasteiger partial charge in [0.25, 0.3) is 0 Å². The molecular formula is C62H56ClN3. The van der Waals surface area contributed by atoms with Gasteiger partial charge in [-0.2, -0.15) is 0 Å². The lowest BCUT2D eigenvalue weighted by Crippen LogP contribution is -2.18. The summed E-state index contributed by atoms with van der Waals surface area (Å²) in [5.74, 6) is 0. The number of para-hydroxylation sites is 2. The number of hydrogen-bond donors (Lipinski definition) is 0. The third kappa shape index (κ3) is 9.40. The molecule has 66 heavy (non-hydrogen) atoms. The van der Waals surface area contributed by atoms with Crippen molar-refractivity contribution in [1.29, 1.82) is 0 Å². The number of benzene rings is 9. The summed E-state index contributed by atoms with van der Waals surface area (Å²) in [4.78, 5) is 6.97.